The minimum atomic E-state index is 0.0866. The van der Waals surface area contributed by atoms with Crippen LogP contribution >= 0.6 is 11.8 Å². The standard InChI is InChI=1S/C16H32N4OS/c1-6-13(3)19-14(21)8-9-18-15(17-7-2)20-10-11-22-16(4,5)12-20/h13H,6-12H2,1-5H3,(H,17,18)(H,19,21). The second-order valence-electron chi connectivity index (χ2n) is 6.39. The molecule has 0 aromatic rings. The Morgan fingerprint density at radius 1 is 1.41 bits per heavy atom. The van der Waals surface area contributed by atoms with Gasteiger partial charge in [0.15, 0.2) is 5.96 Å². The van der Waals surface area contributed by atoms with Crippen LogP contribution in [0.25, 0.3) is 0 Å². The first-order valence-electron chi connectivity index (χ1n) is 8.34. The second kappa shape index (κ2) is 9.28. The van der Waals surface area contributed by atoms with E-state index < -0.39 is 0 Å². The number of nitrogens with one attached hydrogen (secondary N) is 2. The Morgan fingerprint density at radius 2 is 2.14 bits per heavy atom. The average molecular weight is 329 g/mol. The monoisotopic (exact) mass is 328 g/mol. The molecule has 5 nitrogen and oxygen atoms in total. The molecule has 1 atom stereocenters. The Kier molecular flexibility index (Phi) is 8.07. The lowest BCUT2D eigenvalue weighted by Gasteiger charge is -2.39. The highest BCUT2D eigenvalue weighted by atomic mass is 32.2. The number of hydrogen-bond donors (Lipinski definition) is 2. The van der Waals surface area contributed by atoms with E-state index in [4.69, 9.17) is 0 Å². The lowest BCUT2D eigenvalue weighted by atomic mass is 10.2. The summed E-state index contributed by atoms with van der Waals surface area (Å²) in [6.07, 6.45) is 1.41. The molecule has 2 N–H and O–H groups in total. The zero-order chi connectivity index (χ0) is 16.6. The van der Waals surface area contributed by atoms with Gasteiger partial charge in [-0.05, 0) is 34.1 Å². The van der Waals surface area contributed by atoms with E-state index >= 15 is 0 Å². The minimum absolute atomic E-state index is 0.0866. The number of carbonyl (C=O) groups is 1. The van der Waals surface area contributed by atoms with Crippen molar-refractivity contribution in [2.45, 2.75) is 58.2 Å². The molecule has 1 heterocycles. The van der Waals surface area contributed by atoms with Gasteiger partial charge in [-0.1, -0.05) is 6.92 Å². The molecule has 0 spiro atoms. The largest absolute Gasteiger partial charge is 0.357 e. The predicted octanol–water partition coefficient (Wildman–Crippen LogP) is 2.08. The zero-order valence-corrected chi connectivity index (χ0v) is 15.6. The molecule has 1 amide bonds. The van der Waals surface area contributed by atoms with Crippen molar-refractivity contribution in [3.63, 3.8) is 0 Å². The second-order valence-corrected chi connectivity index (χ2v) is 8.19. The highest BCUT2D eigenvalue weighted by molar-refractivity contribution is 8.00. The maximum absolute atomic E-state index is 11.8. The summed E-state index contributed by atoms with van der Waals surface area (Å²) in [5.41, 5.74) is 0. The Balaban J connectivity index is 2.53. The fraction of sp³-hybridized carbons (Fsp3) is 0.875. The van der Waals surface area contributed by atoms with Crippen LogP contribution in [0.1, 0.15) is 47.5 Å². The SMILES string of the molecule is CCNC(=NCCC(=O)NC(C)CC)N1CCSC(C)(C)C1. The first-order chi connectivity index (χ1) is 10.4. The van der Waals surface area contributed by atoms with E-state index in [9.17, 15) is 4.79 Å². The Morgan fingerprint density at radius 3 is 2.73 bits per heavy atom. The van der Waals surface area contributed by atoms with Gasteiger partial charge in [-0.15, -0.1) is 0 Å². The molecular weight excluding hydrogens is 296 g/mol. The molecule has 1 fully saturated rings. The van der Waals surface area contributed by atoms with Crippen molar-refractivity contribution in [2.24, 2.45) is 4.99 Å². The van der Waals surface area contributed by atoms with Crippen molar-refractivity contribution in [2.75, 3.05) is 31.9 Å². The molecule has 1 unspecified atom stereocenters. The number of carbonyl (C=O) groups excluding carboxylic acids is 1. The van der Waals surface area contributed by atoms with Crippen molar-refractivity contribution < 1.29 is 4.79 Å². The summed E-state index contributed by atoms with van der Waals surface area (Å²) >= 11 is 2.01. The van der Waals surface area contributed by atoms with E-state index in [1.807, 2.05) is 18.7 Å². The lowest BCUT2D eigenvalue weighted by molar-refractivity contribution is -0.121. The molecule has 1 saturated heterocycles. The van der Waals surface area contributed by atoms with E-state index in [0.717, 1.165) is 37.8 Å². The summed E-state index contributed by atoms with van der Waals surface area (Å²) in [6, 6.07) is 0.240. The van der Waals surface area contributed by atoms with Gasteiger partial charge in [0.25, 0.3) is 0 Å². The number of aliphatic imine (C=N–C) groups is 1. The maximum Gasteiger partial charge on any atom is 0.222 e. The molecule has 0 aliphatic carbocycles. The molecular formula is C16H32N4OS. The van der Waals surface area contributed by atoms with E-state index in [1.54, 1.807) is 0 Å². The third-order valence-corrected chi connectivity index (χ3v) is 4.98. The van der Waals surface area contributed by atoms with Crippen LogP contribution in [-0.2, 0) is 4.79 Å². The summed E-state index contributed by atoms with van der Waals surface area (Å²) in [6.45, 7) is 14.1. The molecule has 1 rings (SSSR count). The average Bonchev–Trinajstić information content (AvgIpc) is 2.45. The van der Waals surface area contributed by atoms with Gasteiger partial charge in [0.05, 0.1) is 6.54 Å². The first-order valence-corrected chi connectivity index (χ1v) is 9.33. The maximum atomic E-state index is 11.8. The van der Waals surface area contributed by atoms with Crippen LogP contribution in [-0.4, -0.2) is 59.5 Å². The van der Waals surface area contributed by atoms with Crippen LogP contribution in [0.5, 0.6) is 0 Å². The van der Waals surface area contributed by atoms with E-state index in [-0.39, 0.29) is 16.7 Å². The lowest BCUT2D eigenvalue weighted by Crippen LogP contribution is -2.51. The number of guanidine groups is 1. The van der Waals surface area contributed by atoms with Crippen LogP contribution in [0.4, 0.5) is 0 Å². The molecule has 1 aliphatic heterocycles. The van der Waals surface area contributed by atoms with Gasteiger partial charge in [0, 0.05) is 42.6 Å². The topological polar surface area (TPSA) is 56.7 Å². The van der Waals surface area contributed by atoms with Crippen LogP contribution in [0.2, 0.25) is 0 Å². The number of rotatable bonds is 6. The smallest absolute Gasteiger partial charge is 0.222 e. The third-order valence-electron chi connectivity index (χ3n) is 3.68. The Bertz CT molecular complexity index is 384. The van der Waals surface area contributed by atoms with Gasteiger partial charge in [0.2, 0.25) is 5.91 Å². The van der Waals surface area contributed by atoms with Gasteiger partial charge in [0.1, 0.15) is 0 Å². The number of amides is 1. The number of thioether (sulfide) groups is 1. The van der Waals surface area contributed by atoms with Gasteiger partial charge >= 0.3 is 0 Å². The molecule has 128 valence electrons. The van der Waals surface area contributed by atoms with Gasteiger partial charge in [-0.2, -0.15) is 11.8 Å². The van der Waals surface area contributed by atoms with Gasteiger partial charge < -0.3 is 15.5 Å². The quantitative estimate of drug-likeness (QED) is 0.579. The summed E-state index contributed by atoms with van der Waals surface area (Å²) in [7, 11) is 0. The van der Waals surface area contributed by atoms with Crippen molar-refractivity contribution in [1.29, 1.82) is 0 Å². The zero-order valence-electron chi connectivity index (χ0n) is 14.7. The number of nitrogens with zero attached hydrogens (tertiary/aromatic N) is 2. The summed E-state index contributed by atoms with van der Waals surface area (Å²) in [4.78, 5) is 18.8. The first kappa shape index (κ1) is 19.1. The summed E-state index contributed by atoms with van der Waals surface area (Å²) < 4.78 is 0.252. The summed E-state index contributed by atoms with van der Waals surface area (Å²) in [5.74, 6) is 2.14. The molecule has 0 aromatic carbocycles. The van der Waals surface area contributed by atoms with Crippen molar-refractivity contribution in [1.82, 2.24) is 15.5 Å². The van der Waals surface area contributed by atoms with Crippen LogP contribution in [0, 0.1) is 0 Å². The van der Waals surface area contributed by atoms with Crippen LogP contribution in [0.3, 0.4) is 0 Å². The molecule has 6 heteroatoms. The molecule has 0 radical (unpaired) electrons. The molecule has 1 aliphatic rings. The Hall–Kier alpha value is -0.910. The molecule has 0 aromatic heterocycles. The third kappa shape index (κ3) is 6.90. The van der Waals surface area contributed by atoms with Crippen molar-refractivity contribution in [3.05, 3.63) is 0 Å². The fourth-order valence-corrected chi connectivity index (χ4v) is 3.45. The fourth-order valence-electron chi connectivity index (χ4n) is 2.34. The van der Waals surface area contributed by atoms with Gasteiger partial charge in [-0.3, -0.25) is 9.79 Å². The van der Waals surface area contributed by atoms with E-state index in [0.29, 0.717) is 13.0 Å². The number of hydrogen-bond acceptors (Lipinski definition) is 3. The van der Waals surface area contributed by atoms with Crippen molar-refractivity contribution >= 4 is 23.6 Å². The summed E-state index contributed by atoms with van der Waals surface area (Å²) in [5, 5.41) is 6.33. The predicted molar refractivity (Wildman–Crippen MR) is 96.6 cm³/mol. The van der Waals surface area contributed by atoms with Crippen molar-refractivity contribution in [3.8, 4) is 0 Å². The minimum Gasteiger partial charge on any atom is -0.357 e. The van der Waals surface area contributed by atoms with Crippen LogP contribution < -0.4 is 10.6 Å². The molecule has 0 bridgehead atoms. The van der Waals surface area contributed by atoms with E-state index in [1.165, 1.54) is 0 Å². The van der Waals surface area contributed by atoms with E-state index in [2.05, 4.69) is 48.2 Å². The van der Waals surface area contributed by atoms with Crippen LogP contribution in [0.15, 0.2) is 4.99 Å². The highest BCUT2D eigenvalue weighted by Crippen LogP contribution is 2.29. The normalized spacial score (nSPS) is 19.7. The Labute approximate surface area is 139 Å². The molecule has 0 saturated carbocycles. The van der Waals surface area contributed by atoms with Gasteiger partial charge in [-0.25, -0.2) is 0 Å². The highest BCUT2D eigenvalue weighted by Gasteiger charge is 2.28. The molecule has 22 heavy (non-hydrogen) atoms.